The lowest BCUT2D eigenvalue weighted by Crippen LogP contribution is -2.09. The van der Waals surface area contributed by atoms with E-state index in [2.05, 4.69) is 5.32 Å². The predicted octanol–water partition coefficient (Wildman–Crippen LogP) is 2.35. The summed E-state index contributed by atoms with van der Waals surface area (Å²) in [7, 11) is 0. The van der Waals surface area contributed by atoms with Gasteiger partial charge in [0.15, 0.2) is 11.6 Å². The van der Waals surface area contributed by atoms with Crippen molar-refractivity contribution in [1.82, 2.24) is 5.32 Å². The molecule has 3 heteroatoms. The highest BCUT2D eigenvalue weighted by atomic mass is 19.2. The minimum Gasteiger partial charge on any atom is -0.316 e. The molecule has 1 nitrogen and oxygen atoms in total. The summed E-state index contributed by atoms with van der Waals surface area (Å²) < 4.78 is 25.9. The van der Waals surface area contributed by atoms with Crippen LogP contribution in [-0.4, -0.2) is 13.1 Å². The quantitative estimate of drug-likeness (QED) is 0.728. The van der Waals surface area contributed by atoms with Crippen molar-refractivity contribution in [1.29, 1.82) is 0 Å². The molecule has 76 valence electrons. The van der Waals surface area contributed by atoms with Crippen LogP contribution in [0.15, 0.2) is 12.1 Å². The molecular weight excluding hydrogens is 184 g/mol. The summed E-state index contributed by atoms with van der Waals surface area (Å²) in [6.45, 7) is 3.66. The maximum absolute atomic E-state index is 13.0. The number of aryl methyl sites for hydroxylation is 1. The Kier molecular flexibility index (Phi) is 2.50. The summed E-state index contributed by atoms with van der Waals surface area (Å²) in [6, 6.07) is 2.62. The molecule has 0 spiro atoms. The van der Waals surface area contributed by atoms with Gasteiger partial charge in [0.05, 0.1) is 0 Å². The highest BCUT2D eigenvalue weighted by molar-refractivity contribution is 5.31. The minimum atomic E-state index is -0.753. The van der Waals surface area contributed by atoms with Crippen LogP contribution in [-0.2, 0) is 0 Å². The molecule has 2 rings (SSSR count). The zero-order chi connectivity index (χ0) is 10.1. The van der Waals surface area contributed by atoms with Crippen LogP contribution in [0, 0.1) is 18.6 Å². The molecule has 1 N–H and O–H groups in total. The third-order valence-corrected chi connectivity index (χ3v) is 2.81. The number of nitrogens with one attached hydrogen (secondary N) is 1. The van der Waals surface area contributed by atoms with Gasteiger partial charge in [0.25, 0.3) is 0 Å². The Bertz CT molecular complexity index is 343. The van der Waals surface area contributed by atoms with Gasteiger partial charge in [-0.15, -0.1) is 0 Å². The molecule has 0 radical (unpaired) electrons. The number of rotatable bonds is 1. The van der Waals surface area contributed by atoms with Crippen LogP contribution >= 0.6 is 0 Å². The van der Waals surface area contributed by atoms with E-state index in [0.29, 0.717) is 5.92 Å². The molecule has 0 bridgehead atoms. The fourth-order valence-electron chi connectivity index (χ4n) is 2.02. The van der Waals surface area contributed by atoms with Gasteiger partial charge in [-0.1, -0.05) is 0 Å². The van der Waals surface area contributed by atoms with E-state index in [4.69, 9.17) is 0 Å². The molecule has 1 atom stereocenters. The average molecular weight is 197 g/mol. The van der Waals surface area contributed by atoms with Gasteiger partial charge in [0.1, 0.15) is 0 Å². The summed E-state index contributed by atoms with van der Waals surface area (Å²) in [5.74, 6) is -1.15. The number of hydrogen-bond acceptors (Lipinski definition) is 1. The summed E-state index contributed by atoms with van der Waals surface area (Å²) in [5.41, 5.74) is 1.78. The average Bonchev–Trinajstić information content (AvgIpc) is 2.64. The van der Waals surface area contributed by atoms with Crippen LogP contribution in [0.25, 0.3) is 0 Å². The molecule has 1 aromatic rings. The molecular formula is C11H13F2N. The molecule has 1 aliphatic heterocycles. The lowest BCUT2D eigenvalue weighted by atomic mass is 9.94. The molecule has 1 saturated heterocycles. The fraction of sp³-hybridized carbons (Fsp3) is 0.455. The van der Waals surface area contributed by atoms with E-state index < -0.39 is 11.6 Å². The lowest BCUT2D eigenvalue weighted by Gasteiger charge is -2.12. The number of halogens is 2. The predicted molar refractivity (Wildman–Crippen MR) is 51.3 cm³/mol. The van der Waals surface area contributed by atoms with Crippen LogP contribution in [0.1, 0.15) is 23.5 Å². The van der Waals surface area contributed by atoms with Gasteiger partial charge in [-0.25, -0.2) is 8.78 Å². The van der Waals surface area contributed by atoms with E-state index in [1.165, 1.54) is 12.1 Å². The first kappa shape index (κ1) is 9.59. The van der Waals surface area contributed by atoms with Gasteiger partial charge in [0, 0.05) is 6.54 Å². The van der Waals surface area contributed by atoms with Gasteiger partial charge >= 0.3 is 0 Å². The second-order valence-corrected chi connectivity index (χ2v) is 3.81. The second kappa shape index (κ2) is 3.65. The van der Waals surface area contributed by atoms with E-state index in [9.17, 15) is 8.78 Å². The van der Waals surface area contributed by atoms with Crippen molar-refractivity contribution in [3.63, 3.8) is 0 Å². The maximum atomic E-state index is 13.0. The molecule has 0 aliphatic carbocycles. The Labute approximate surface area is 82.1 Å². The Hall–Kier alpha value is -0.960. The van der Waals surface area contributed by atoms with Crippen molar-refractivity contribution in [3.8, 4) is 0 Å². The Morgan fingerprint density at radius 3 is 2.64 bits per heavy atom. The van der Waals surface area contributed by atoms with Crippen LogP contribution in [0.4, 0.5) is 8.78 Å². The van der Waals surface area contributed by atoms with Crippen molar-refractivity contribution < 1.29 is 8.78 Å². The molecule has 1 fully saturated rings. The molecule has 0 saturated carbocycles. The topological polar surface area (TPSA) is 12.0 Å². The maximum Gasteiger partial charge on any atom is 0.159 e. The van der Waals surface area contributed by atoms with Gasteiger partial charge < -0.3 is 5.32 Å². The smallest absolute Gasteiger partial charge is 0.159 e. The van der Waals surface area contributed by atoms with E-state index >= 15 is 0 Å². The molecule has 0 aromatic heterocycles. The van der Waals surface area contributed by atoms with Crippen molar-refractivity contribution >= 4 is 0 Å². The van der Waals surface area contributed by atoms with E-state index in [0.717, 1.165) is 30.6 Å². The zero-order valence-corrected chi connectivity index (χ0v) is 8.11. The van der Waals surface area contributed by atoms with Crippen molar-refractivity contribution in [3.05, 3.63) is 34.9 Å². The number of hydrogen-bond donors (Lipinski definition) is 1. The van der Waals surface area contributed by atoms with E-state index in [1.54, 1.807) is 0 Å². The first-order valence-corrected chi connectivity index (χ1v) is 4.84. The molecule has 1 aliphatic rings. The Morgan fingerprint density at radius 2 is 2.00 bits per heavy atom. The second-order valence-electron chi connectivity index (χ2n) is 3.81. The first-order chi connectivity index (χ1) is 6.68. The van der Waals surface area contributed by atoms with E-state index in [-0.39, 0.29) is 0 Å². The van der Waals surface area contributed by atoms with Gasteiger partial charge in [-0.05, 0) is 49.1 Å². The van der Waals surface area contributed by atoms with Gasteiger partial charge in [-0.3, -0.25) is 0 Å². The minimum absolute atomic E-state index is 0.338. The summed E-state index contributed by atoms with van der Waals surface area (Å²) in [4.78, 5) is 0. The monoisotopic (exact) mass is 197 g/mol. The molecule has 1 aromatic carbocycles. The number of benzene rings is 1. The summed E-state index contributed by atoms with van der Waals surface area (Å²) in [6.07, 6.45) is 1.01. The summed E-state index contributed by atoms with van der Waals surface area (Å²) in [5, 5.41) is 3.22. The van der Waals surface area contributed by atoms with Crippen LogP contribution in [0.3, 0.4) is 0 Å². The molecule has 14 heavy (non-hydrogen) atoms. The van der Waals surface area contributed by atoms with Crippen LogP contribution < -0.4 is 5.32 Å². The van der Waals surface area contributed by atoms with Crippen molar-refractivity contribution in [2.45, 2.75) is 19.3 Å². The molecule has 1 heterocycles. The highest BCUT2D eigenvalue weighted by Crippen LogP contribution is 2.26. The van der Waals surface area contributed by atoms with E-state index in [1.807, 2.05) is 6.92 Å². The SMILES string of the molecule is Cc1cc(F)c(F)cc1C1CCNC1. The largest absolute Gasteiger partial charge is 0.316 e. The third kappa shape index (κ3) is 1.64. The van der Waals surface area contributed by atoms with Crippen molar-refractivity contribution in [2.24, 2.45) is 0 Å². The standard InChI is InChI=1S/C11H13F2N/c1-7-4-10(12)11(13)5-9(7)8-2-3-14-6-8/h4-5,8,14H,2-3,6H2,1H3. The Balaban J connectivity index is 2.37. The fourth-order valence-corrected chi connectivity index (χ4v) is 2.02. The normalized spacial score (nSPS) is 21.5. The lowest BCUT2D eigenvalue weighted by molar-refractivity contribution is 0.504. The van der Waals surface area contributed by atoms with Crippen LogP contribution in [0.2, 0.25) is 0 Å². The molecule has 1 unspecified atom stereocenters. The van der Waals surface area contributed by atoms with Crippen molar-refractivity contribution in [2.75, 3.05) is 13.1 Å². The van der Waals surface area contributed by atoms with Crippen LogP contribution in [0.5, 0.6) is 0 Å². The summed E-state index contributed by atoms with van der Waals surface area (Å²) >= 11 is 0. The van der Waals surface area contributed by atoms with Gasteiger partial charge in [-0.2, -0.15) is 0 Å². The molecule has 0 amide bonds. The Morgan fingerprint density at radius 1 is 1.29 bits per heavy atom. The van der Waals surface area contributed by atoms with Gasteiger partial charge in [0.2, 0.25) is 0 Å². The zero-order valence-electron chi connectivity index (χ0n) is 8.11. The first-order valence-electron chi connectivity index (χ1n) is 4.84. The highest BCUT2D eigenvalue weighted by Gasteiger charge is 2.19. The third-order valence-electron chi connectivity index (χ3n) is 2.81.